The van der Waals surface area contributed by atoms with Gasteiger partial charge in [0.1, 0.15) is 5.82 Å². The van der Waals surface area contributed by atoms with Crippen LogP contribution in [0.2, 0.25) is 0 Å². The Balaban J connectivity index is 2.12. The third-order valence-electron chi connectivity index (χ3n) is 4.02. The quantitative estimate of drug-likeness (QED) is 0.756. The Bertz CT molecular complexity index is 402. The highest BCUT2D eigenvalue weighted by Crippen LogP contribution is 2.35. The van der Waals surface area contributed by atoms with Gasteiger partial charge in [-0.1, -0.05) is 48.5 Å². The van der Waals surface area contributed by atoms with Crippen molar-refractivity contribution >= 4 is 15.9 Å². The zero-order chi connectivity index (χ0) is 13.7. The van der Waals surface area contributed by atoms with Crippen molar-refractivity contribution < 1.29 is 4.39 Å². The van der Waals surface area contributed by atoms with Gasteiger partial charge in [0.05, 0.1) is 0 Å². The molecular formula is C16H23BrFN. The monoisotopic (exact) mass is 327 g/mol. The van der Waals surface area contributed by atoms with Gasteiger partial charge in [-0.25, -0.2) is 4.39 Å². The Morgan fingerprint density at radius 3 is 2.79 bits per heavy atom. The third-order valence-corrected chi connectivity index (χ3v) is 4.74. The Morgan fingerprint density at radius 2 is 2.11 bits per heavy atom. The first-order valence-electron chi connectivity index (χ1n) is 7.39. The van der Waals surface area contributed by atoms with E-state index in [1.807, 2.05) is 6.07 Å². The summed E-state index contributed by atoms with van der Waals surface area (Å²) >= 11 is 3.57. The highest BCUT2D eigenvalue weighted by molar-refractivity contribution is 9.10. The first kappa shape index (κ1) is 15.0. The Kier molecular flexibility index (Phi) is 5.83. The second kappa shape index (κ2) is 7.39. The van der Waals surface area contributed by atoms with Crippen molar-refractivity contribution in [2.45, 2.75) is 51.5 Å². The van der Waals surface area contributed by atoms with Gasteiger partial charge < -0.3 is 5.32 Å². The van der Waals surface area contributed by atoms with E-state index in [0.29, 0.717) is 0 Å². The van der Waals surface area contributed by atoms with Crippen LogP contribution >= 0.6 is 15.9 Å². The zero-order valence-corrected chi connectivity index (χ0v) is 13.2. The number of halogens is 2. The topological polar surface area (TPSA) is 12.0 Å². The molecule has 0 heterocycles. The predicted molar refractivity (Wildman–Crippen MR) is 81.7 cm³/mol. The second-order valence-electron chi connectivity index (χ2n) is 5.56. The van der Waals surface area contributed by atoms with Crippen molar-refractivity contribution in [3.8, 4) is 0 Å². The molecule has 106 valence electrons. The summed E-state index contributed by atoms with van der Waals surface area (Å²) in [7, 11) is 0. The van der Waals surface area contributed by atoms with E-state index in [1.54, 1.807) is 6.07 Å². The molecule has 1 aromatic rings. The molecule has 0 bridgehead atoms. The van der Waals surface area contributed by atoms with Gasteiger partial charge >= 0.3 is 0 Å². The molecule has 1 unspecified atom stereocenters. The fourth-order valence-electron chi connectivity index (χ4n) is 3.00. The molecule has 0 spiro atoms. The number of rotatable bonds is 6. The summed E-state index contributed by atoms with van der Waals surface area (Å²) < 4.78 is 14.5. The molecule has 1 aliphatic rings. The van der Waals surface area contributed by atoms with Crippen LogP contribution in [0.1, 0.15) is 57.1 Å². The lowest BCUT2D eigenvalue weighted by Gasteiger charge is -2.23. The van der Waals surface area contributed by atoms with Crippen molar-refractivity contribution in [1.82, 2.24) is 5.32 Å². The number of benzene rings is 1. The van der Waals surface area contributed by atoms with Crippen molar-refractivity contribution in [1.29, 1.82) is 0 Å². The number of hydrogen-bond donors (Lipinski definition) is 1. The van der Waals surface area contributed by atoms with E-state index in [0.717, 1.165) is 35.3 Å². The lowest BCUT2D eigenvalue weighted by atomic mass is 9.93. The molecule has 3 heteroatoms. The minimum atomic E-state index is -0.145. The second-order valence-corrected chi connectivity index (χ2v) is 6.41. The first-order chi connectivity index (χ1) is 9.20. The van der Waals surface area contributed by atoms with E-state index in [-0.39, 0.29) is 11.9 Å². The van der Waals surface area contributed by atoms with Gasteiger partial charge in [0.2, 0.25) is 0 Å². The van der Waals surface area contributed by atoms with Gasteiger partial charge in [0.25, 0.3) is 0 Å². The lowest BCUT2D eigenvalue weighted by Crippen LogP contribution is -2.24. The molecule has 1 aliphatic carbocycles. The zero-order valence-electron chi connectivity index (χ0n) is 11.6. The highest BCUT2D eigenvalue weighted by Gasteiger charge is 2.22. The summed E-state index contributed by atoms with van der Waals surface area (Å²) in [6, 6.07) is 5.28. The molecule has 1 saturated carbocycles. The van der Waals surface area contributed by atoms with Crippen LogP contribution in [0.25, 0.3) is 0 Å². The molecule has 1 fully saturated rings. The maximum atomic E-state index is 13.5. The van der Waals surface area contributed by atoms with Crippen molar-refractivity contribution in [2.75, 3.05) is 6.54 Å². The van der Waals surface area contributed by atoms with E-state index in [1.165, 1.54) is 31.7 Å². The standard InChI is InChI=1S/C16H23BrFN/c1-2-9-19-16(10-12-5-3-4-6-12)14-11-13(18)7-8-15(14)17/h7-8,11-12,16,19H,2-6,9-10H2,1H3. The van der Waals surface area contributed by atoms with Gasteiger partial charge in [-0.15, -0.1) is 0 Å². The highest BCUT2D eigenvalue weighted by atomic mass is 79.9. The minimum absolute atomic E-state index is 0.145. The van der Waals surface area contributed by atoms with E-state index >= 15 is 0 Å². The molecule has 1 atom stereocenters. The molecule has 0 amide bonds. The summed E-state index contributed by atoms with van der Waals surface area (Å²) in [5, 5.41) is 3.58. The number of hydrogen-bond acceptors (Lipinski definition) is 1. The average molecular weight is 328 g/mol. The van der Waals surface area contributed by atoms with Crippen LogP contribution in [0.15, 0.2) is 22.7 Å². The Hall–Kier alpha value is -0.410. The fraction of sp³-hybridized carbons (Fsp3) is 0.625. The molecule has 1 N–H and O–H groups in total. The predicted octanol–water partition coefficient (Wildman–Crippen LogP) is 5.21. The van der Waals surface area contributed by atoms with Gasteiger partial charge in [-0.2, -0.15) is 0 Å². The van der Waals surface area contributed by atoms with Gasteiger partial charge in [-0.3, -0.25) is 0 Å². The smallest absolute Gasteiger partial charge is 0.123 e. The van der Waals surface area contributed by atoms with E-state index in [2.05, 4.69) is 28.2 Å². The van der Waals surface area contributed by atoms with Crippen LogP contribution in [-0.4, -0.2) is 6.54 Å². The molecule has 0 aliphatic heterocycles. The molecule has 1 aromatic carbocycles. The van der Waals surface area contributed by atoms with E-state index in [9.17, 15) is 4.39 Å². The van der Waals surface area contributed by atoms with Crippen molar-refractivity contribution in [2.24, 2.45) is 5.92 Å². The van der Waals surface area contributed by atoms with Crippen molar-refractivity contribution in [3.05, 3.63) is 34.1 Å². The van der Waals surface area contributed by atoms with Gasteiger partial charge in [0, 0.05) is 10.5 Å². The Labute approximate surface area is 124 Å². The average Bonchev–Trinajstić information content (AvgIpc) is 2.90. The first-order valence-corrected chi connectivity index (χ1v) is 8.18. The third kappa shape index (κ3) is 4.28. The summed E-state index contributed by atoms with van der Waals surface area (Å²) in [6.45, 7) is 3.15. The maximum absolute atomic E-state index is 13.5. The van der Waals surface area contributed by atoms with E-state index < -0.39 is 0 Å². The maximum Gasteiger partial charge on any atom is 0.123 e. The van der Waals surface area contributed by atoms with E-state index in [4.69, 9.17) is 0 Å². The van der Waals surface area contributed by atoms with Crippen LogP contribution < -0.4 is 5.32 Å². The van der Waals surface area contributed by atoms with Crippen LogP contribution in [0, 0.1) is 11.7 Å². The fourth-order valence-corrected chi connectivity index (χ4v) is 3.52. The minimum Gasteiger partial charge on any atom is -0.310 e. The van der Waals surface area contributed by atoms with Crippen molar-refractivity contribution in [3.63, 3.8) is 0 Å². The van der Waals surface area contributed by atoms with Gasteiger partial charge in [-0.05, 0) is 49.1 Å². The molecule has 0 radical (unpaired) electrons. The summed E-state index contributed by atoms with van der Waals surface area (Å²) in [4.78, 5) is 0. The SMILES string of the molecule is CCCNC(CC1CCCC1)c1cc(F)ccc1Br. The van der Waals surface area contributed by atoms with Crippen LogP contribution in [0.5, 0.6) is 0 Å². The molecule has 1 nitrogen and oxygen atoms in total. The normalized spacial score (nSPS) is 17.8. The molecule has 2 rings (SSSR count). The molecule has 0 saturated heterocycles. The number of nitrogens with one attached hydrogen (secondary N) is 1. The largest absolute Gasteiger partial charge is 0.310 e. The molecule has 0 aromatic heterocycles. The summed E-state index contributed by atoms with van der Waals surface area (Å²) in [5.41, 5.74) is 1.07. The Morgan fingerprint density at radius 1 is 1.37 bits per heavy atom. The molecule has 19 heavy (non-hydrogen) atoms. The van der Waals surface area contributed by atoms with Crippen LogP contribution in [0.4, 0.5) is 4.39 Å². The van der Waals surface area contributed by atoms with Crippen LogP contribution in [0.3, 0.4) is 0 Å². The van der Waals surface area contributed by atoms with Crippen LogP contribution in [-0.2, 0) is 0 Å². The van der Waals surface area contributed by atoms with Gasteiger partial charge in [0.15, 0.2) is 0 Å². The molecular weight excluding hydrogens is 305 g/mol. The summed E-state index contributed by atoms with van der Waals surface area (Å²) in [6.07, 6.45) is 7.61. The lowest BCUT2D eigenvalue weighted by molar-refractivity contribution is 0.393. The summed E-state index contributed by atoms with van der Waals surface area (Å²) in [5.74, 6) is 0.650.